The molecule has 0 saturated carbocycles. The molecule has 0 unspecified atom stereocenters. The molecule has 0 aromatic heterocycles. The summed E-state index contributed by atoms with van der Waals surface area (Å²) in [5.74, 6) is -0.555. The van der Waals surface area contributed by atoms with Crippen LogP contribution in [0.25, 0.3) is 0 Å². The van der Waals surface area contributed by atoms with Crippen molar-refractivity contribution >= 4 is 39.3 Å². The van der Waals surface area contributed by atoms with Crippen LogP contribution in [0.1, 0.15) is 15.9 Å². The molecule has 2 aromatic rings. The van der Waals surface area contributed by atoms with Gasteiger partial charge in [0.2, 0.25) is 5.91 Å². The van der Waals surface area contributed by atoms with Gasteiger partial charge in [0.25, 0.3) is 5.91 Å². The van der Waals surface area contributed by atoms with Gasteiger partial charge in [-0.25, -0.2) is 0 Å². The predicted octanol–water partition coefficient (Wildman–Crippen LogP) is 3.15. The number of halogens is 2. The fraction of sp³-hybridized carbons (Fsp3) is 0.125. The second kappa shape index (κ2) is 7.96. The first-order chi connectivity index (χ1) is 10.6. The maximum absolute atomic E-state index is 11.8. The van der Waals surface area contributed by atoms with Crippen LogP contribution in [-0.2, 0) is 11.3 Å². The van der Waals surface area contributed by atoms with Gasteiger partial charge in [-0.3, -0.25) is 9.59 Å². The van der Waals surface area contributed by atoms with Gasteiger partial charge in [0.1, 0.15) is 0 Å². The molecule has 0 saturated heterocycles. The van der Waals surface area contributed by atoms with Crippen molar-refractivity contribution in [2.45, 2.75) is 6.54 Å². The molecule has 4 nitrogen and oxygen atoms in total. The summed E-state index contributed by atoms with van der Waals surface area (Å²) in [5, 5.41) is 5.85. The topological polar surface area (TPSA) is 58.2 Å². The lowest BCUT2D eigenvalue weighted by molar-refractivity contribution is -0.120. The molecule has 0 fully saturated rings. The zero-order valence-electron chi connectivity index (χ0n) is 11.6. The van der Waals surface area contributed by atoms with Crippen molar-refractivity contribution in [2.75, 3.05) is 6.54 Å². The van der Waals surface area contributed by atoms with Crippen LogP contribution in [0.15, 0.2) is 53.0 Å². The lowest BCUT2D eigenvalue weighted by Gasteiger charge is -2.08. The third-order valence-electron chi connectivity index (χ3n) is 2.94. The summed E-state index contributed by atoms with van der Waals surface area (Å²) in [6, 6.07) is 14.2. The smallest absolute Gasteiger partial charge is 0.251 e. The largest absolute Gasteiger partial charge is 0.350 e. The van der Waals surface area contributed by atoms with Gasteiger partial charge in [0, 0.05) is 21.6 Å². The zero-order chi connectivity index (χ0) is 15.9. The molecule has 0 spiro atoms. The fourth-order valence-corrected chi connectivity index (χ4v) is 2.51. The molecule has 2 aromatic carbocycles. The molecule has 0 aliphatic rings. The minimum atomic E-state index is -0.280. The quantitative estimate of drug-likeness (QED) is 0.836. The van der Waals surface area contributed by atoms with Crippen molar-refractivity contribution in [1.29, 1.82) is 0 Å². The van der Waals surface area contributed by atoms with Gasteiger partial charge in [-0.05, 0) is 29.8 Å². The van der Waals surface area contributed by atoms with Crippen LogP contribution in [0.4, 0.5) is 0 Å². The van der Waals surface area contributed by atoms with E-state index in [1.165, 1.54) is 0 Å². The molecule has 22 heavy (non-hydrogen) atoms. The normalized spacial score (nSPS) is 10.1. The number of carbonyl (C=O) groups is 2. The molecule has 2 amide bonds. The fourth-order valence-electron chi connectivity index (χ4n) is 1.77. The van der Waals surface area contributed by atoms with E-state index >= 15 is 0 Å². The highest BCUT2D eigenvalue weighted by molar-refractivity contribution is 9.10. The van der Waals surface area contributed by atoms with Gasteiger partial charge >= 0.3 is 0 Å². The van der Waals surface area contributed by atoms with E-state index in [9.17, 15) is 9.59 Å². The second-order valence-corrected chi connectivity index (χ2v) is 5.88. The molecule has 2 rings (SSSR count). The second-order valence-electron chi connectivity index (χ2n) is 4.56. The van der Waals surface area contributed by atoms with Crippen LogP contribution < -0.4 is 10.6 Å². The molecular formula is C16H14BrClN2O2. The lowest BCUT2D eigenvalue weighted by atomic mass is 10.2. The minimum Gasteiger partial charge on any atom is -0.350 e. The van der Waals surface area contributed by atoms with Gasteiger partial charge in [-0.1, -0.05) is 51.8 Å². The van der Waals surface area contributed by atoms with Crippen molar-refractivity contribution in [1.82, 2.24) is 10.6 Å². The summed E-state index contributed by atoms with van der Waals surface area (Å²) < 4.78 is 0.878. The Hall–Kier alpha value is -1.85. The van der Waals surface area contributed by atoms with E-state index in [0.717, 1.165) is 10.0 Å². The Balaban J connectivity index is 1.80. The zero-order valence-corrected chi connectivity index (χ0v) is 13.9. The molecule has 0 atom stereocenters. The molecule has 0 radical (unpaired) electrons. The van der Waals surface area contributed by atoms with Crippen molar-refractivity contribution in [3.63, 3.8) is 0 Å². The minimum absolute atomic E-state index is 0.0815. The summed E-state index contributed by atoms with van der Waals surface area (Å²) in [6.45, 7) is 0.230. The Morgan fingerprint density at radius 2 is 1.77 bits per heavy atom. The van der Waals surface area contributed by atoms with E-state index in [1.807, 2.05) is 18.2 Å². The number of hydrogen-bond acceptors (Lipinski definition) is 2. The average Bonchev–Trinajstić information content (AvgIpc) is 2.52. The third kappa shape index (κ3) is 4.86. The van der Waals surface area contributed by atoms with Crippen molar-refractivity contribution < 1.29 is 9.59 Å². The first kappa shape index (κ1) is 16.5. The number of benzene rings is 2. The number of rotatable bonds is 5. The molecule has 2 N–H and O–H groups in total. The Labute approximate surface area is 142 Å². The third-order valence-corrected chi connectivity index (χ3v) is 3.78. The summed E-state index contributed by atoms with van der Waals surface area (Å²) in [4.78, 5) is 23.5. The van der Waals surface area contributed by atoms with Crippen LogP contribution in [0, 0.1) is 0 Å². The molecule has 6 heteroatoms. The maximum Gasteiger partial charge on any atom is 0.251 e. The summed E-state index contributed by atoms with van der Waals surface area (Å²) in [5.41, 5.74) is 1.33. The Morgan fingerprint density at radius 3 is 2.45 bits per heavy atom. The first-order valence-electron chi connectivity index (χ1n) is 6.60. The monoisotopic (exact) mass is 380 g/mol. The standard InChI is InChI=1S/C16H14BrClN2O2/c17-13-7-6-12(14(18)8-13)9-19-15(21)10-20-16(22)11-4-2-1-3-5-11/h1-8H,9-10H2,(H,19,21)(H,20,22). The van der Waals surface area contributed by atoms with Crippen LogP contribution in [-0.4, -0.2) is 18.4 Å². The van der Waals surface area contributed by atoms with Crippen LogP contribution in [0.3, 0.4) is 0 Å². The maximum atomic E-state index is 11.8. The molecule has 0 aliphatic carbocycles. The Kier molecular flexibility index (Phi) is 5.98. The molecule has 114 valence electrons. The average molecular weight is 382 g/mol. The molecule has 0 aliphatic heterocycles. The van der Waals surface area contributed by atoms with Gasteiger partial charge in [0.05, 0.1) is 6.54 Å². The van der Waals surface area contributed by atoms with Crippen molar-refractivity contribution in [3.8, 4) is 0 Å². The van der Waals surface area contributed by atoms with Gasteiger partial charge in [0.15, 0.2) is 0 Å². The highest BCUT2D eigenvalue weighted by Gasteiger charge is 2.08. The van der Waals surface area contributed by atoms with Gasteiger partial charge in [-0.2, -0.15) is 0 Å². The van der Waals surface area contributed by atoms with Crippen molar-refractivity contribution in [3.05, 3.63) is 69.2 Å². The molecule has 0 heterocycles. The predicted molar refractivity (Wildman–Crippen MR) is 89.8 cm³/mol. The molecular weight excluding hydrogens is 368 g/mol. The van der Waals surface area contributed by atoms with Crippen LogP contribution in [0.5, 0.6) is 0 Å². The highest BCUT2D eigenvalue weighted by atomic mass is 79.9. The summed E-state index contributed by atoms with van der Waals surface area (Å²) in [7, 11) is 0. The number of nitrogens with one attached hydrogen (secondary N) is 2. The van der Waals surface area contributed by atoms with Crippen LogP contribution in [0.2, 0.25) is 5.02 Å². The molecule has 0 bridgehead atoms. The Bertz CT molecular complexity index is 677. The Morgan fingerprint density at radius 1 is 1.05 bits per heavy atom. The van der Waals surface area contributed by atoms with E-state index in [1.54, 1.807) is 30.3 Å². The highest BCUT2D eigenvalue weighted by Crippen LogP contribution is 2.21. The summed E-state index contributed by atoms with van der Waals surface area (Å²) in [6.07, 6.45) is 0. The van der Waals surface area contributed by atoms with E-state index in [0.29, 0.717) is 17.1 Å². The van der Waals surface area contributed by atoms with Crippen LogP contribution >= 0.6 is 27.5 Å². The van der Waals surface area contributed by atoms with E-state index in [4.69, 9.17) is 11.6 Å². The van der Waals surface area contributed by atoms with Crippen molar-refractivity contribution in [2.24, 2.45) is 0 Å². The lowest BCUT2D eigenvalue weighted by Crippen LogP contribution is -2.36. The van der Waals surface area contributed by atoms with E-state index < -0.39 is 0 Å². The van der Waals surface area contributed by atoms with E-state index in [2.05, 4.69) is 26.6 Å². The van der Waals surface area contributed by atoms with Gasteiger partial charge < -0.3 is 10.6 Å². The van der Waals surface area contributed by atoms with E-state index in [-0.39, 0.29) is 18.4 Å². The SMILES string of the molecule is O=C(CNC(=O)c1ccccc1)NCc1ccc(Br)cc1Cl. The number of carbonyl (C=O) groups excluding carboxylic acids is 2. The number of amides is 2. The number of hydrogen-bond donors (Lipinski definition) is 2. The first-order valence-corrected chi connectivity index (χ1v) is 7.77. The summed E-state index contributed by atoms with van der Waals surface area (Å²) >= 11 is 9.39. The van der Waals surface area contributed by atoms with Gasteiger partial charge in [-0.15, -0.1) is 0 Å².